The van der Waals surface area contributed by atoms with E-state index in [-0.39, 0.29) is 0 Å². The van der Waals surface area contributed by atoms with Crippen molar-refractivity contribution in [2.45, 2.75) is 26.2 Å². The number of aryl methyl sites for hydroxylation is 1. The second-order valence-electron chi connectivity index (χ2n) is 2.38. The van der Waals surface area contributed by atoms with Crippen LogP contribution in [-0.4, -0.2) is 9.97 Å². The van der Waals surface area contributed by atoms with Crippen LogP contribution in [0.4, 0.5) is 5.82 Å². The van der Waals surface area contributed by atoms with Crippen LogP contribution in [0, 0.1) is 0 Å². The molecule has 3 N–H and O–H groups in total. The Bertz CT molecular complexity index is 192. The van der Waals surface area contributed by atoms with E-state index in [4.69, 9.17) is 5.73 Å². The van der Waals surface area contributed by atoms with E-state index in [0.29, 0.717) is 5.82 Å². The number of H-pyrrole nitrogens is 1. The molecule has 3 nitrogen and oxygen atoms in total. The maximum absolute atomic E-state index is 5.41. The predicted octanol–water partition coefficient (Wildman–Crippen LogP) is 1.33. The molecule has 0 bridgehead atoms. The fourth-order valence-corrected chi connectivity index (χ4v) is 0.850. The molecule has 0 saturated heterocycles. The SMILES string of the molecule is CCCCc1nc(N)c[nH]1. The molecule has 0 fully saturated rings. The number of aromatic amines is 1. The number of unbranched alkanes of at least 4 members (excludes halogenated alkanes) is 1. The first-order valence-electron chi connectivity index (χ1n) is 3.62. The van der Waals surface area contributed by atoms with Crippen LogP contribution in [0.5, 0.6) is 0 Å². The van der Waals surface area contributed by atoms with Gasteiger partial charge in [0.1, 0.15) is 11.6 Å². The first kappa shape index (κ1) is 7.12. The Morgan fingerprint density at radius 3 is 3.00 bits per heavy atom. The van der Waals surface area contributed by atoms with Crippen molar-refractivity contribution in [3.05, 3.63) is 12.0 Å². The van der Waals surface area contributed by atoms with Gasteiger partial charge in [0.05, 0.1) is 0 Å². The molecule has 1 rings (SSSR count). The second-order valence-corrected chi connectivity index (χ2v) is 2.38. The van der Waals surface area contributed by atoms with E-state index in [1.807, 2.05) is 0 Å². The summed E-state index contributed by atoms with van der Waals surface area (Å²) in [6.07, 6.45) is 5.10. The summed E-state index contributed by atoms with van der Waals surface area (Å²) < 4.78 is 0. The summed E-state index contributed by atoms with van der Waals surface area (Å²) in [6, 6.07) is 0. The summed E-state index contributed by atoms with van der Waals surface area (Å²) in [5.74, 6) is 1.59. The molecule has 3 heteroatoms. The molecule has 0 saturated carbocycles. The summed E-state index contributed by atoms with van der Waals surface area (Å²) in [4.78, 5) is 7.07. The predicted molar refractivity (Wildman–Crippen MR) is 41.6 cm³/mol. The minimum absolute atomic E-state index is 0.589. The standard InChI is InChI=1S/C7H13N3/c1-2-3-4-7-9-5-6(8)10-7/h5H,2-4,8H2,1H3,(H,9,10). The van der Waals surface area contributed by atoms with Gasteiger partial charge in [-0.15, -0.1) is 0 Å². The minimum Gasteiger partial charge on any atom is -0.382 e. The number of imidazole rings is 1. The van der Waals surface area contributed by atoms with Crippen molar-refractivity contribution in [2.75, 3.05) is 5.73 Å². The third kappa shape index (κ3) is 1.76. The number of nitrogens with one attached hydrogen (secondary N) is 1. The first-order chi connectivity index (χ1) is 4.83. The number of nitrogens with zero attached hydrogens (tertiary/aromatic N) is 1. The number of nitrogen functional groups attached to an aromatic ring is 1. The topological polar surface area (TPSA) is 54.7 Å². The van der Waals surface area contributed by atoms with Crippen LogP contribution in [0.1, 0.15) is 25.6 Å². The molecule has 1 heterocycles. The van der Waals surface area contributed by atoms with E-state index in [1.54, 1.807) is 6.20 Å². The lowest BCUT2D eigenvalue weighted by atomic mass is 10.2. The van der Waals surface area contributed by atoms with E-state index < -0.39 is 0 Å². The number of hydrogen-bond donors (Lipinski definition) is 2. The number of rotatable bonds is 3. The van der Waals surface area contributed by atoms with E-state index in [0.717, 1.165) is 12.2 Å². The number of anilines is 1. The maximum Gasteiger partial charge on any atom is 0.141 e. The average molecular weight is 139 g/mol. The molecule has 0 spiro atoms. The normalized spacial score (nSPS) is 10.1. The van der Waals surface area contributed by atoms with Crippen LogP contribution >= 0.6 is 0 Å². The Morgan fingerprint density at radius 1 is 1.70 bits per heavy atom. The zero-order valence-electron chi connectivity index (χ0n) is 6.22. The first-order valence-corrected chi connectivity index (χ1v) is 3.62. The zero-order valence-corrected chi connectivity index (χ0v) is 6.22. The third-order valence-electron chi connectivity index (χ3n) is 1.42. The monoisotopic (exact) mass is 139 g/mol. The van der Waals surface area contributed by atoms with Gasteiger partial charge in [-0.25, -0.2) is 4.98 Å². The van der Waals surface area contributed by atoms with E-state index >= 15 is 0 Å². The highest BCUT2D eigenvalue weighted by Crippen LogP contribution is 2.01. The minimum atomic E-state index is 0.589. The molecule has 0 aliphatic rings. The number of nitrogens with two attached hydrogens (primary N) is 1. The molecule has 0 unspecified atom stereocenters. The van der Waals surface area contributed by atoms with Gasteiger partial charge in [0.2, 0.25) is 0 Å². The van der Waals surface area contributed by atoms with E-state index in [9.17, 15) is 0 Å². The van der Waals surface area contributed by atoms with Gasteiger partial charge in [0, 0.05) is 12.6 Å². The average Bonchev–Trinajstić information content (AvgIpc) is 2.31. The molecule has 0 aliphatic carbocycles. The molecule has 0 aliphatic heterocycles. The highest BCUT2D eigenvalue weighted by Gasteiger charge is 1.94. The fourth-order valence-electron chi connectivity index (χ4n) is 0.850. The highest BCUT2D eigenvalue weighted by molar-refractivity contribution is 5.24. The second kappa shape index (κ2) is 3.25. The van der Waals surface area contributed by atoms with Crippen molar-refractivity contribution in [3.8, 4) is 0 Å². The van der Waals surface area contributed by atoms with Gasteiger partial charge >= 0.3 is 0 Å². The van der Waals surface area contributed by atoms with E-state index in [1.165, 1.54) is 12.8 Å². The Labute approximate surface area is 60.7 Å². The van der Waals surface area contributed by atoms with Gasteiger partial charge in [0.15, 0.2) is 0 Å². The molecular formula is C7H13N3. The van der Waals surface area contributed by atoms with Gasteiger partial charge in [-0.2, -0.15) is 0 Å². The number of aromatic nitrogens is 2. The molecule has 1 aromatic heterocycles. The molecule has 0 aromatic carbocycles. The van der Waals surface area contributed by atoms with Crippen molar-refractivity contribution in [1.82, 2.24) is 9.97 Å². The van der Waals surface area contributed by atoms with Gasteiger partial charge in [0.25, 0.3) is 0 Å². The Kier molecular flexibility index (Phi) is 2.31. The van der Waals surface area contributed by atoms with Crippen LogP contribution in [0.2, 0.25) is 0 Å². The van der Waals surface area contributed by atoms with Crippen molar-refractivity contribution >= 4 is 5.82 Å². The molecular weight excluding hydrogens is 126 g/mol. The van der Waals surface area contributed by atoms with Crippen LogP contribution in [0.15, 0.2) is 6.20 Å². The van der Waals surface area contributed by atoms with Gasteiger partial charge in [-0.05, 0) is 6.42 Å². The largest absolute Gasteiger partial charge is 0.382 e. The highest BCUT2D eigenvalue weighted by atomic mass is 15.0. The summed E-state index contributed by atoms with van der Waals surface area (Å²) in [5, 5.41) is 0. The van der Waals surface area contributed by atoms with Crippen LogP contribution < -0.4 is 5.73 Å². The summed E-state index contributed by atoms with van der Waals surface area (Å²) in [6.45, 7) is 2.16. The van der Waals surface area contributed by atoms with Crippen molar-refractivity contribution in [1.29, 1.82) is 0 Å². The molecule has 0 radical (unpaired) electrons. The molecule has 10 heavy (non-hydrogen) atoms. The lowest BCUT2D eigenvalue weighted by molar-refractivity contribution is 0.763. The number of hydrogen-bond acceptors (Lipinski definition) is 2. The van der Waals surface area contributed by atoms with Gasteiger partial charge < -0.3 is 10.7 Å². The van der Waals surface area contributed by atoms with Crippen LogP contribution in [0.25, 0.3) is 0 Å². The molecule has 1 aromatic rings. The smallest absolute Gasteiger partial charge is 0.141 e. The van der Waals surface area contributed by atoms with E-state index in [2.05, 4.69) is 16.9 Å². The van der Waals surface area contributed by atoms with Crippen LogP contribution in [0.3, 0.4) is 0 Å². The Morgan fingerprint density at radius 2 is 2.50 bits per heavy atom. The summed E-state index contributed by atoms with van der Waals surface area (Å²) >= 11 is 0. The molecule has 0 amide bonds. The lowest BCUT2D eigenvalue weighted by Gasteiger charge is -1.90. The van der Waals surface area contributed by atoms with Gasteiger partial charge in [-0.3, -0.25) is 0 Å². The maximum atomic E-state index is 5.41. The fraction of sp³-hybridized carbons (Fsp3) is 0.571. The quantitative estimate of drug-likeness (QED) is 0.663. The van der Waals surface area contributed by atoms with Crippen molar-refractivity contribution in [3.63, 3.8) is 0 Å². The Hall–Kier alpha value is -0.990. The summed E-state index contributed by atoms with van der Waals surface area (Å²) in [5.41, 5.74) is 5.41. The molecule has 0 atom stereocenters. The van der Waals surface area contributed by atoms with Crippen LogP contribution in [-0.2, 0) is 6.42 Å². The van der Waals surface area contributed by atoms with Gasteiger partial charge in [-0.1, -0.05) is 13.3 Å². The van der Waals surface area contributed by atoms with Crippen molar-refractivity contribution in [2.24, 2.45) is 0 Å². The lowest BCUT2D eigenvalue weighted by Crippen LogP contribution is -1.88. The Balaban J connectivity index is 2.42. The zero-order chi connectivity index (χ0) is 7.40. The molecule has 56 valence electrons. The third-order valence-corrected chi connectivity index (χ3v) is 1.42. The summed E-state index contributed by atoms with van der Waals surface area (Å²) in [7, 11) is 0. The van der Waals surface area contributed by atoms with Crippen molar-refractivity contribution < 1.29 is 0 Å².